The third-order valence-corrected chi connectivity index (χ3v) is 4.40. The zero-order chi connectivity index (χ0) is 18.1. The Balaban J connectivity index is 1.76. The van der Waals surface area contributed by atoms with Crippen molar-refractivity contribution in [3.63, 3.8) is 0 Å². The zero-order valence-electron chi connectivity index (χ0n) is 15.1. The van der Waals surface area contributed by atoms with Crippen molar-refractivity contribution in [2.75, 3.05) is 5.32 Å². The Morgan fingerprint density at radius 3 is 2.77 bits per heavy atom. The number of nitrogens with zero attached hydrogens (tertiary/aromatic N) is 4. The van der Waals surface area contributed by atoms with Crippen molar-refractivity contribution in [1.82, 2.24) is 19.5 Å². The number of benzene rings is 1. The van der Waals surface area contributed by atoms with Crippen LogP contribution in [0, 0.1) is 6.92 Å². The van der Waals surface area contributed by atoms with Crippen LogP contribution >= 0.6 is 0 Å². The number of aryl methyl sites for hydroxylation is 1. The molecule has 0 unspecified atom stereocenters. The first kappa shape index (κ1) is 16.3. The van der Waals surface area contributed by atoms with E-state index >= 15 is 0 Å². The molecule has 0 aliphatic carbocycles. The van der Waals surface area contributed by atoms with Crippen LogP contribution in [0.3, 0.4) is 0 Å². The van der Waals surface area contributed by atoms with Crippen LogP contribution in [-0.4, -0.2) is 19.5 Å². The van der Waals surface area contributed by atoms with E-state index in [2.05, 4.69) is 59.0 Å². The highest BCUT2D eigenvalue weighted by molar-refractivity contribution is 5.94. The molecular formula is C21H21N5. The van der Waals surface area contributed by atoms with Gasteiger partial charge in [0.25, 0.3) is 0 Å². The second kappa shape index (κ2) is 6.59. The van der Waals surface area contributed by atoms with Crippen molar-refractivity contribution >= 4 is 22.5 Å². The molecule has 3 aromatic heterocycles. The number of anilines is 2. The Labute approximate surface area is 152 Å². The summed E-state index contributed by atoms with van der Waals surface area (Å²) in [7, 11) is 0. The second-order valence-electron chi connectivity index (χ2n) is 6.70. The van der Waals surface area contributed by atoms with Gasteiger partial charge in [0, 0.05) is 41.3 Å². The van der Waals surface area contributed by atoms with Gasteiger partial charge in [-0.15, -0.1) is 0 Å². The molecule has 4 aromatic rings. The number of hydrogen-bond donors (Lipinski definition) is 1. The maximum Gasteiger partial charge on any atom is 0.227 e. The van der Waals surface area contributed by atoms with Gasteiger partial charge in [-0.05, 0) is 50.6 Å². The highest BCUT2D eigenvalue weighted by atomic mass is 15.1. The van der Waals surface area contributed by atoms with Gasteiger partial charge in [0.1, 0.15) is 0 Å². The maximum absolute atomic E-state index is 4.73. The fourth-order valence-electron chi connectivity index (χ4n) is 3.15. The molecule has 0 spiro atoms. The van der Waals surface area contributed by atoms with Crippen molar-refractivity contribution in [2.24, 2.45) is 0 Å². The Morgan fingerprint density at radius 1 is 1.08 bits per heavy atom. The van der Waals surface area contributed by atoms with Crippen molar-refractivity contribution in [1.29, 1.82) is 0 Å². The summed E-state index contributed by atoms with van der Waals surface area (Å²) in [5, 5.41) is 4.44. The maximum atomic E-state index is 4.73. The fraction of sp³-hybridized carbons (Fsp3) is 0.190. The SMILES string of the molecule is Cc1cccc(Nc2nccc(-c3cn(C(C)C)c4cnccc34)n2)c1. The monoisotopic (exact) mass is 343 g/mol. The topological polar surface area (TPSA) is 55.6 Å². The summed E-state index contributed by atoms with van der Waals surface area (Å²) in [4.78, 5) is 13.4. The van der Waals surface area contributed by atoms with E-state index in [1.165, 1.54) is 5.56 Å². The van der Waals surface area contributed by atoms with E-state index in [9.17, 15) is 0 Å². The van der Waals surface area contributed by atoms with Crippen LogP contribution < -0.4 is 5.32 Å². The summed E-state index contributed by atoms with van der Waals surface area (Å²) in [6, 6.07) is 12.5. The number of rotatable bonds is 4. The third kappa shape index (κ3) is 3.04. The predicted octanol–water partition coefficient (Wildman–Crippen LogP) is 5.13. The van der Waals surface area contributed by atoms with Gasteiger partial charge in [0.05, 0.1) is 17.4 Å². The molecular weight excluding hydrogens is 322 g/mol. The van der Waals surface area contributed by atoms with Gasteiger partial charge < -0.3 is 9.88 Å². The van der Waals surface area contributed by atoms with Crippen molar-refractivity contribution < 1.29 is 0 Å². The molecule has 5 heteroatoms. The average molecular weight is 343 g/mol. The summed E-state index contributed by atoms with van der Waals surface area (Å²) in [6.45, 7) is 6.40. The van der Waals surface area contributed by atoms with Crippen molar-refractivity contribution in [3.8, 4) is 11.3 Å². The normalized spacial score (nSPS) is 11.2. The van der Waals surface area contributed by atoms with Gasteiger partial charge in [0.15, 0.2) is 0 Å². The van der Waals surface area contributed by atoms with Crippen molar-refractivity contribution in [3.05, 3.63) is 66.7 Å². The number of pyridine rings is 1. The second-order valence-corrected chi connectivity index (χ2v) is 6.70. The molecule has 1 aromatic carbocycles. The molecule has 0 radical (unpaired) electrons. The average Bonchev–Trinajstić information content (AvgIpc) is 3.02. The van der Waals surface area contributed by atoms with Gasteiger partial charge in [-0.2, -0.15) is 0 Å². The lowest BCUT2D eigenvalue weighted by Crippen LogP contribution is -1.98. The van der Waals surface area contributed by atoms with E-state index in [1.807, 2.05) is 36.7 Å². The highest BCUT2D eigenvalue weighted by Gasteiger charge is 2.13. The number of nitrogens with one attached hydrogen (secondary N) is 1. The largest absolute Gasteiger partial charge is 0.343 e. The number of fused-ring (bicyclic) bond motifs is 1. The van der Waals surface area contributed by atoms with E-state index < -0.39 is 0 Å². The quantitative estimate of drug-likeness (QED) is 0.558. The van der Waals surface area contributed by atoms with Crippen LogP contribution in [0.1, 0.15) is 25.5 Å². The fourth-order valence-corrected chi connectivity index (χ4v) is 3.15. The first-order valence-electron chi connectivity index (χ1n) is 8.73. The smallest absolute Gasteiger partial charge is 0.227 e. The van der Waals surface area contributed by atoms with Crippen LogP contribution in [0.4, 0.5) is 11.6 Å². The standard InChI is InChI=1S/C21H21N5/c1-14(2)26-13-18(17-7-9-22-12-20(17)26)19-8-10-23-21(25-19)24-16-6-4-5-15(3)11-16/h4-14H,1-3H3,(H,23,24,25). The van der Waals surface area contributed by atoms with Gasteiger partial charge >= 0.3 is 0 Å². The lowest BCUT2D eigenvalue weighted by Gasteiger charge is -2.08. The molecule has 0 aliphatic heterocycles. The Hall–Kier alpha value is -3.21. The van der Waals surface area contributed by atoms with E-state index in [0.717, 1.165) is 27.8 Å². The lowest BCUT2D eigenvalue weighted by molar-refractivity contribution is 0.622. The van der Waals surface area contributed by atoms with Crippen LogP contribution in [0.2, 0.25) is 0 Å². The van der Waals surface area contributed by atoms with Gasteiger partial charge in [0.2, 0.25) is 5.95 Å². The summed E-state index contributed by atoms with van der Waals surface area (Å²) < 4.78 is 2.23. The molecule has 0 amide bonds. The van der Waals surface area contributed by atoms with Gasteiger partial charge in [-0.25, -0.2) is 9.97 Å². The molecule has 0 saturated carbocycles. The highest BCUT2D eigenvalue weighted by Crippen LogP contribution is 2.31. The predicted molar refractivity (Wildman–Crippen MR) is 106 cm³/mol. The lowest BCUT2D eigenvalue weighted by atomic mass is 10.1. The molecule has 5 nitrogen and oxygen atoms in total. The Morgan fingerprint density at radius 2 is 1.96 bits per heavy atom. The van der Waals surface area contributed by atoms with Gasteiger partial charge in [-0.1, -0.05) is 12.1 Å². The summed E-state index contributed by atoms with van der Waals surface area (Å²) in [6.07, 6.45) is 7.67. The molecule has 1 N–H and O–H groups in total. The molecule has 0 aliphatic rings. The molecule has 3 heterocycles. The Bertz CT molecular complexity index is 1060. The minimum absolute atomic E-state index is 0.349. The first-order valence-corrected chi connectivity index (χ1v) is 8.73. The van der Waals surface area contributed by atoms with Crippen LogP contribution in [0.25, 0.3) is 22.2 Å². The van der Waals surface area contributed by atoms with Crippen LogP contribution in [-0.2, 0) is 0 Å². The molecule has 4 rings (SSSR count). The first-order chi connectivity index (χ1) is 12.6. The molecule has 0 atom stereocenters. The summed E-state index contributed by atoms with van der Waals surface area (Å²) in [5.74, 6) is 0.590. The molecule has 130 valence electrons. The minimum Gasteiger partial charge on any atom is -0.343 e. The molecule has 0 fully saturated rings. The Kier molecular flexibility index (Phi) is 4.13. The molecule has 0 bridgehead atoms. The number of hydrogen-bond acceptors (Lipinski definition) is 4. The van der Waals surface area contributed by atoms with Crippen molar-refractivity contribution in [2.45, 2.75) is 26.8 Å². The van der Waals surface area contributed by atoms with E-state index in [-0.39, 0.29) is 0 Å². The summed E-state index contributed by atoms with van der Waals surface area (Å²) >= 11 is 0. The molecule has 26 heavy (non-hydrogen) atoms. The van der Waals surface area contributed by atoms with Gasteiger partial charge in [-0.3, -0.25) is 4.98 Å². The van der Waals surface area contributed by atoms with E-state index in [0.29, 0.717) is 12.0 Å². The third-order valence-electron chi connectivity index (χ3n) is 4.40. The number of aromatic nitrogens is 4. The molecule has 0 saturated heterocycles. The zero-order valence-corrected chi connectivity index (χ0v) is 15.1. The van der Waals surface area contributed by atoms with E-state index in [4.69, 9.17) is 4.98 Å². The van der Waals surface area contributed by atoms with Crippen LogP contribution in [0.15, 0.2) is 61.2 Å². The van der Waals surface area contributed by atoms with Crippen LogP contribution in [0.5, 0.6) is 0 Å². The van der Waals surface area contributed by atoms with E-state index in [1.54, 1.807) is 6.20 Å². The summed E-state index contributed by atoms with van der Waals surface area (Å²) in [5.41, 5.74) is 5.27. The minimum atomic E-state index is 0.349.